The first-order chi connectivity index (χ1) is 19.6. The van der Waals surface area contributed by atoms with Crippen molar-refractivity contribution in [2.75, 3.05) is 39.4 Å². The molecule has 1 aliphatic rings. The molecule has 1 fully saturated rings. The summed E-state index contributed by atoms with van der Waals surface area (Å²) in [6, 6.07) is 18.5. The van der Waals surface area contributed by atoms with Crippen molar-refractivity contribution < 1.29 is 19.3 Å². The van der Waals surface area contributed by atoms with Crippen molar-refractivity contribution in [2.45, 2.75) is 90.1 Å². The normalized spacial score (nSPS) is 19.3. The Hall–Kier alpha value is -2.22. The Morgan fingerprint density at radius 2 is 1.80 bits per heavy atom. The van der Waals surface area contributed by atoms with E-state index in [0.29, 0.717) is 26.1 Å². The summed E-state index contributed by atoms with van der Waals surface area (Å²) in [7, 11) is 0. The van der Waals surface area contributed by atoms with Crippen LogP contribution in [0.2, 0.25) is 0 Å². The number of aliphatic hydroxyl groups excluding tert-OH is 1. The van der Waals surface area contributed by atoms with Gasteiger partial charge in [0.1, 0.15) is 12.4 Å². The van der Waals surface area contributed by atoms with Crippen LogP contribution in [0.25, 0.3) is 0 Å². The number of allylic oxidation sites excluding steroid dienone is 1. The van der Waals surface area contributed by atoms with Gasteiger partial charge in [0.2, 0.25) is 0 Å². The number of nitrogens with two attached hydrogens (primary N) is 1. The molecule has 6 nitrogen and oxygen atoms in total. The summed E-state index contributed by atoms with van der Waals surface area (Å²) in [4.78, 5) is 2.44. The van der Waals surface area contributed by atoms with Gasteiger partial charge in [-0.1, -0.05) is 74.7 Å². The fourth-order valence-corrected chi connectivity index (χ4v) is 5.11. The lowest BCUT2D eigenvalue weighted by atomic mass is 10.0. The number of ether oxygens (including phenoxy) is 3. The molecule has 1 saturated heterocycles. The van der Waals surface area contributed by atoms with E-state index in [1.54, 1.807) is 0 Å². The number of aryl methyl sites for hydroxylation is 1. The smallest absolute Gasteiger partial charge is 0.184 e. The Bertz CT molecular complexity index is 950. The topological polar surface area (TPSA) is 77.2 Å². The molecule has 1 heterocycles. The van der Waals surface area contributed by atoms with Crippen LogP contribution in [0.15, 0.2) is 66.2 Å². The first-order valence-corrected chi connectivity index (χ1v) is 15.4. The highest BCUT2D eigenvalue weighted by molar-refractivity contribution is 5.27. The van der Waals surface area contributed by atoms with E-state index < -0.39 is 12.4 Å². The average Bonchev–Trinajstić information content (AvgIpc) is 2.99. The van der Waals surface area contributed by atoms with E-state index in [-0.39, 0.29) is 6.10 Å². The van der Waals surface area contributed by atoms with Crippen LogP contribution in [-0.4, -0.2) is 61.6 Å². The number of unbranched alkanes of at least 4 members (excludes halogenated alkanes) is 4. The van der Waals surface area contributed by atoms with Crippen molar-refractivity contribution in [1.82, 2.24) is 4.90 Å². The summed E-state index contributed by atoms with van der Waals surface area (Å²) in [6.45, 7) is 8.89. The van der Waals surface area contributed by atoms with Crippen molar-refractivity contribution in [1.29, 1.82) is 0 Å². The predicted molar refractivity (Wildman–Crippen MR) is 164 cm³/mol. The number of hydrogen-bond acceptors (Lipinski definition) is 6. The van der Waals surface area contributed by atoms with Gasteiger partial charge in [-0.25, -0.2) is 0 Å². The molecule has 0 bridgehead atoms. The van der Waals surface area contributed by atoms with Crippen molar-refractivity contribution in [2.24, 2.45) is 5.73 Å². The third kappa shape index (κ3) is 11.7. The Kier molecular flexibility index (Phi) is 15.3. The second kappa shape index (κ2) is 19.0. The first kappa shape index (κ1) is 32.3. The molecule has 0 amide bonds. The third-order valence-corrected chi connectivity index (χ3v) is 7.66. The molecule has 2 aromatic carbocycles. The number of hydrogen-bond donors (Lipinski definition) is 2. The molecule has 0 aliphatic carbocycles. The van der Waals surface area contributed by atoms with Crippen molar-refractivity contribution in [3.05, 3.63) is 77.4 Å². The zero-order valence-electron chi connectivity index (χ0n) is 24.8. The van der Waals surface area contributed by atoms with Crippen LogP contribution >= 0.6 is 0 Å². The van der Waals surface area contributed by atoms with E-state index >= 15 is 0 Å². The summed E-state index contributed by atoms with van der Waals surface area (Å²) in [5, 5.41) is 11.0. The minimum absolute atomic E-state index is 0.140. The maximum absolute atomic E-state index is 11.0. The molecule has 0 saturated carbocycles. The van der Waals surface area contributed by atoms with Crippen LogP contribution < -0.4 is 10.5 Å². The molecule has 1 aliphatic heterocycles. The number of aliphatic hydroxyl groups is 1. The van der Waals surface area contributed by atoms with Gasteiger partial charge in [0.05, 0.1) is 18.8 Å². The van der Waals surface area contributed by atoms with Gasteiger partial charge in [-0.3, -0.25) is 4.90 Å². The highest BCUT2D eigenvalue weighted by Gasteiger charge is 2.29. The van der Waals surface area contributed by atoms with Crippen LogP contribution in [0, 0.1) is 0 Å². The van der Waals surface area contributed by atoms with Gasteiger partial charge < -0.3 is 25.1 Å². The maximum atomic E-state index is 11.0. The Morgan fingerprint density at radius 1 is 1.00 bits per heavy atom. The van der Waals surface area contributed by atoms with Crippen molar-refractivity contribution >= 4 is 0 Å². The van der Waals surface area contributed by atoms with Gasteiger partial charge in [0.15, 0.2) is 6.29 Å². The van der Waals surface area contributed by atoms with E-state index in [9.17, 15) is 5.11 Å². The minimum Gasteiger partial charge on any atom is -0.492 e. The molecule has 3 atom stereocenters. The van der Waals surface area contributed by atoms with Crippen LogP contribution in [0.5, 0.6) is 5.75 Å². The van der Waals surface area contributed by atoms with Gasteiger partial charge >= 0.3 is 0 Å². The molecular formula is C34H52N2O4. The molecule has 1 unspecified atom stereocenters. The Morgan fingerprint density at radius 3 is 2.52 bits per heavy atom. The summed E-state index contributed by atoms with van der Waals surface area (Å²) < 4.78 is 18.3. The standard InChI is InChI=1S/C34H52N2O4/c1-3-5-6-12-22-36(24-25-38-32-18-16-28(17-19-32)13-10-11-21-35)23-20-31(37)26-33-29(4-2)27-39-34(40-33)30-14-8-7-9-15-30/h4,7-9,14-19,31,33-34,37H,3,5-6,10-13,20-27,35H2,1-2H3/b29-4-/t31-,33+,34?/m1/s1. The highest BCUT2D eigenvalue weighted by Crippen LogP contribution is 2.31. The van der Waals surface area contributed by atoms with E-state index in [1.165, 1.54) is 31.2 Å². The lowest BCUT2D eigenvalue weighted by Crippen LogP contribution is -2.35. The predicted octanol–water partition coefficient (Wildman–Crippen LogP) is 6.43. The van der Waals surface area contributed by atoms with Gasteiger partial charge in [-0.2, -0.15) is 0 Å². The number of nitrogens with zero attached hydrogens (tertiary/aromatic N) is 1. The molecule has 0 spiro atoms. The van der Waals surface area contributed by atoms with Gasteiger partial charge in [-0.05, 0) is 75.4 Å². The van der Waals surface area contributed by atoms with Crippen LogP contribution in [0.1, 0.15) is 82.6 Å². The molecule has 0 aromatic heterocycles. The molecule has 222 valence electrons. The zero-order valence-corrected chi connectivity index (χ0v) is 24.8. The fourth-order valence-electron chi connectivity index (χ4n) is 5.11. The summed E-state index contributed by atoms with van der Waals surface area (Å²) in [5.41, 5.74) is 9.05. The van der Waals surface area contributed by atoms with Crippen LogP contribution in [0.4, 0.5) is 0 Å². The highest BCUT2D eigenvalue weighted by atomic mass is 16.7. The van der Waals surface area contributed by atoms with E-state index in [4.69, 9.17) is 19.9 Å². The van der Waals surface area contributed by atoms with Crippen molar-refractivity contribution in [3.8, 4) is 5.75 Å². The van der Waals surface area contributed by atoms with Gasteiger partial charge in [-0.15, -0.1) is 0 Å². The number of rotatable bonds is 19. The Labute approximate surface area is 242 Å². The van der Waals surface area contributed by atoms with Gasteiger partial charge in [0.25, 0.3) is 0 Å². The van der Waals surface area contributed by atoms with E-state index in [0.717, 1.165) is 62.3 Å². The number of benzene rings is 2. The quantitative estimate of drug-likeness (QED) is 0.154. The van der Waals surface area contributed by atoms with Crippen molar-refractivity contribution in [3.63, 3.8) is 0 Å². The minimum atomic E-state index is -0.444. The lowest BCUT2D eigenvalue weighted by molar-refractivity contribution is -0.197. The van der Waals surface area contributed by atoms with E-state index in [1.807, 2.05) is 37.3 Å². The Balaban J connectivity index is 1.47. The van der Waals surface area contributed by atoms with Gasteiger partial charge in [0, 0.05) is 25.1 Å². The monoisotopic (exact) mass is 552 g/mol. The molecule has 6 heteroatoms. The van der Waals surface area contributed by atoms with Crippen LogP contribution in [0.3, 0.4) is 0 Å². The molecule has 40 heavy (non-hydrogen) atoms. The summed E-state index contributed by atoms with van der Waals surface area (Å²) in [5.74, 6) is 0.914. The molecule has 0 radical (unpaired) electrons. The summed E-state index contributed by atoms with van der Waals surface area (Å²) in [6.07, 6.45) is 10.5. The molecule has 3 N–H and O–H groups in total. The van der Waals surface area contributed by atoms with Crippen LogP contribution in [-0.2, 0) is 15.9 Å². The molecular weight excluding hydrogens is 500 g/mol. The fraction of sp³-hybridized carbons (Fsp3) is 0.588. The maximum Gasteiger partial charge on any atom is 0.184 e. The molecule has 2 aromatic rings. The lowest BCUT2D eigenvalue weighted by Gasteiger charge is -2.34. The van der Waals surface area contributed by atoms with E-state index in [2.05, 4.69) is 42.2 Å². The first-order valence-electron chi connectivity index (χ1n) is 15.4. The zero-order chi connectivity index (χ0) is 28.4. The summed E-state index contributed by atoms with van der Waals surface area (Å²) >= 11 is 0. The SMILES string of the molecule is C/C=C1/COC(c2ccccc2)O[C@H]1C[C@H](O)CCN(CCCCCC)CCOc1ccc(CCCCN)cc1. The second-order valence-electron chi connectivity index (χ2n) is 10.9. The second-order valence-corrected chi connectivity index (χ2v) is 10.9. The third-order valence-electron chi connectivity index (χ3n) is 7.66. The average molecular weight is 553 g/mol. The molecule has 3 rings (SSSR count). The largest absolute Gasteiger partial charge is 0.492 e.